The number of imide groups is 1. The van der Waals surface area contributed by atoms with E-state index in [0.29, 0.717) is 48.5 Å². The number of allylic oxidation sites excluding steroid dienone is 4. The molecular weight excluding hydrogens is 437 g/mol. The van der Waals surface area contributed by atoms with Gasteiger partial charge < -0.3 is 15.5 Å². The zero-order valence-electron chi connectivity index (χ0n) is 17.3. The average Bonchev–Trinajstić information content (AvgIpc) is 2.68. The van der Waals surface area contributed by atoms with Gasteiger partial charge >= 0.3 is 12.2 Å². The Hall–Kier alpha value is -1.58. The lowest BCUT2D eigenvalue weighted by molar-refractivity contribution is -0.226. The van der Waals surface area contributed by atoms with Crippen molar-refractivity contribution in [3.8, 4) is 0 Å². The summed E-state index contributed by atoms with van der Waals surface area (Å²) in [5, 5.41) is 22.8. The predicted octanol–water partition coefficient (Wildman–Crippen LogP) is 3.97. The number of nitrogens with zero attached hydrogens (tertiary/aromatic N) is 1. The summed E-state index contributed by atoms with van der Waals surface area (Å²) in [6.07, 6.45) is 3.12. The van der Waals surface area contributed by atoms with Gasteiger partial charge in [0.15, 0.2) is 5.79 Å². The highest BCUT2D eigenvalue weighted by Gasteiger charge is 2.59. The van der Waals surface area contributed by atoms with E-state index in [1.165, 1.54) is 0 Å². The monoisotopic (exact) mass is 464 g/mol. The summed E-state index contributed by atoms with van der Waals surface area (Å²) in [6, 6.07) is -4.71. The highest BCUT2D eigenvalue weighted by atomic mass is 35.5. The van der Waals surface area contributed by atoms with Gasteiger partial charge in [0.25, 0.3) is 0 Å². The van der Waals surface area contributed by atoms with Gasteiger partial charge in [0.2, 0.25) is 5.91 Å². The summed E-state index contributed by atoms with van der Waals surface area (Å²) in [5.41, 5.74) is 0.743. The van der Waals surface area contributed by atoms with Crippen LogP contribution in [0.4, 0.5) is 18.0 Å². The number of hydrogen-bond donors (Lipinski definition) is 3. The average molecular weight is 465 g/mol. The topological polar surface area (TPSA) is 89.9 Å². The first-order valence-corrected chi connectivity index (χ1v) is 11.0. The van der Waals surface area contributed by atoms with Gasteiger partial charge in [-0.05, 0) is 51.0 Å². The Bertz CT molecular complexity index is 770. The van der Waals surface area contributed by atoms with Crippen molar-refractivity contribution in [3.05, 3.63) is 22.8 Å². The first-order chi connectivity index (χ1) is 14.4. The summed E-state index contributed by atoms with van der Waals surface area (Å²) < 4.78 is 41.0. The predicted molar refractivity (Wildman–Crippen MR) is 108 cm³/mol. The molecule has 10 heteroatoms. The third-order valence-electron chi connectivity index (χ3n) is 6.43. The van der Waals surface area contributed by atoms with Crippen LogP contribution >= 0.6 is 11.6 Å². The number of halogens is 4. The highest BCUT2D eigenvalue weighted by Crippen LogP contribution is 2.41. The maximum absolute atomic E-state index is 13.7. The first-order valence-electron chi connectivity index (χ1n) is 10.6. The Morgan fingerprint density at radius 2 is 1.94 bits per heavy atom. The molecule has 1 aliphatic heterocycles. The van der Waals surface area contributed by atoms with Crippen LogP contribution < -0.4 is 5.32 Å². The second-order valence-corrected chi connectivity index (χ2v) is 9.22. The minimum absolute atomic E-state index is 0.110. The lowest BCUT2D eigenvalue weighted by atomic mass is 9.77. The molecule has 6 nitrogen and oxygen atoms in total. The van der Waals surface area contributed by atoms with E-state index in [1.807, 2.05) is 11.4 Å². The van der Waals surface area contributed by atoms with Crippen molar-refractivity contribution in [2.45, 2.75) is 82.3 Å². The fraction of sp³-hybridized carbons (Fsp3) is 0.714. The molecule has 1 saturated carbocycles. The van der Waals surface area contributed by atoms with Crippen molar-refractivity contribution < 1.29 is 33.0 Å². The molecule has 3 N–H and O–H groups in total. The van der Waals surface area contributed by atoms with Gasteiger partial charge in [0.05, 0.1) is 5.92 Å². The molecular formula is C21H28ClF3N2O4. The number of carbonyl (C=O) groups excluding carboxylic acids is 2. The maximum Gasteiger partial charge on any atom is 0.408 e. The van der Waals surface area contributed by atoms with Crippen LogP contribution in [0.5, 0.6) is 0 Å². The zero-order chi connectivity index (χ0) is 23.0. The van der Waals surface area contributed by atoms with Crippen molar-refractivity contribution in [2.75, 3.05) is 0 Å². The summed E-state index contributed by atoms with van der Waals surface area (Å²) in [5.74, 6) is -4.93. The highest BCUT2D eigenvalue weighted by molar-refractivity contribution is 6.31. The van der Waals surface area contributed by atoms with Gasteiger partial charge in [0.1, 0.15) is 12.1 Å². The van der Waals surface area contributed by atoms with Crippen LogP contribution in [0.1, 0.15) is 58.3 Å². The third kappa shape index (κ3) is 5.26. The molecule has 31 heavy (non-hydrogen) atoms. The summed E-state index contributed by atoms with van der Waals surface area (Å²) in [7, 11) is 0. The van der Waals surface area contributed by atoms with Crippen LogP contribution in [0.2, 0.25) is 0 Å². The van der Waals surface area contributed by atoms with Crippen LogP contribution in [0, 0.1) is 11.8 Å². The number of urea groups is 1. The van der Waals surface area contributed by atoms with Gasteiger partial charge in [-0.15, -0.1) is 0 Å². The number of nitrogens with one attached hydrogen (secondary N) is 1. The van der Waals surface area contributed by atoms with E-state index < -0.39 is 47.8 Å². The largest absolute Gasteiger partial charge is 0.408 e. The molecule has 0 unspecified atom stereocenters. The van der Waals surface area contributed by atoms with Gasteiger partial charge in [-0.3, -0.25) is 9.69 Å². The van der Waals surface area contributed by atoms with Crippen molar-refractivity contribution in [1.29, 1.82) is 0 Å². The van der Waals surface area contributed by atoms with Crippen LogP contribution in [0.3, 0.4) is 0 Å². The molecule has 3 rings (SSSR count). The van der Waals surface area contributed by atoms with E-state index in [-0.39, 0.29) is 6.42 Å². The molecule has 0 aromatic rings. The Kier molecular flexibility index (Phi) is 7.08. The fourth-order valence-corrected chi connectivity index (χ4v) is 5.14. The normalized spacial score (nSPS) is 26.7. The van der Waals surface area contributed by atoms with E-state index >= 15 is 0 Å². The number of hydrogen-bond acceptors (Lipinski definition) is 4. The minimum Gasteiger partial charge on any atom is -0.364 e. The van der Waals surface area contributed by atoms with E-state index in [9.17, 15) is 33.0 Å². The second-order valence-electron chi connectivity index (χ2n) is 8.82. The number of aliphatic hydroxyl groups is 2. The molecule has 0 spiro atoms. The smallest absolute Gasteiger partial charge is 0.364 e. The molecule has 0 radical (unpaired) electrons. The standard InChI is InChI=1S/C21H28ClF3N2O4/c1-20(30,31)17-14(11-13-9-5-6-10-15(13)22)18(28)27(17)19(29)26-16(21(23,24)25)12-7-3-2-4-8-12/h6,10,12,14,16-17,30-31H,2-5,7-9,11H2,1H3,(H,26,29)/t14-,16+,17+/m1/s1. The van der Waals surface area contributed by atoms with Crippen molar-refractivity contribution in [3.63, 3.8) is 0 Å². The van der Waals surface area contributed by atoms with E-state index in [2.05, 4.69) is 0 Å². The molecule has 0 bridgehead atoms. The first kappa shape index (κ1) is 24.1. The van der Waals surface area contributed by atoms with E-state index in [4.69, 9.17) is 11.6 Å². The molecule has 2 fully saturated rings. The Morgan fingerprint density at radius 1 is 1.29 bits per heavy atom. The fourth-order valence-electron chi connectivity index (χ4n) is 4.88. The van der Waals surface area contributed by atoms with Crippen LogP contribution in [0.15, 0.2) is 22.8 Å². The zero-order valence-corrected chi connectivity index (χ0v) is 18.0. The molecule has 3 amide bonds. The van der Waals surface area contributed by atoms with Crippen LogP contribution in [-0.4, -0.2) is 51.1 Å². The number of rotatable bonds is 5. The third-order valence-corrected chi connectivity index (χ3v) is 6.82. The van der Waals surface area contributed by atoms with Crippen LogP contribution in [-0.2, 0) is 4.79 Å². The lowest BCUT2D eigenvalue weighted by Crippen LogP contribution is -2.73. The summed E-state index contributed by atoms with van der Waals surface area (Å²) >= 11 is 6.16. The molecule has 2 aliphatic carbocycles. The van der Waals surface area contributed by atoms with Crippen molar-refractivity contribution >= 4 is 23.5 Å². The number of carbonyl (C=O) groups is 2. The maximum atomic E-state index is 13.7. The van der Waals surface area contributed by atoms with Crippen molar-refractivity contribution in [1.82, 2.24) is 10.2 Å². The molecule has 1 heterocycles. The van der Waals surface area contributed by atoms with Crippen LogP contribution in [0.25, 0.3) is 0 Å². The molecule has 0 aromatic carbocycles. The SMILES string of the molecule is CC(O)(O)[C@@H]1[C@@H](CC2=C(Cl)C=CCC2)C(=O)N1C(=O)N[C@@H](C1CCCCC1)C(F)(F)F. The molecule has 0 aromatic heterocycles. The van der Waals surface area contributed by atoms with Gasteiger partial charge in [-0.25, -0.2) is 4.79 Å². The Labute approximate surface area is 184 Å². The molecule has 174 valence electrons. The Balaban J connectivity index is 1.77. The van der Waals surface area contributed by atoms with Gasteiger partial charge in [-0.1, -0.05) is 42.5 Å². The lowest BCUT2D eigenvalue weighted by Gasteiger charge is -2.50. The van der Waals surface area contributed by atoms with Crippen molar-refractivity contribution in [2.24, 2.45) is 11.8 Å². The van der Waals surface area contributed by atoms with Gasteiger partial charge in [-0.2, -0.15) is 13.2 Å². The van der Waals surface area contributed by atoms with Gasteiger partial charge in [0, 0.05) is 5.03 Å². The number of likely N-dealkylation sites (tertiary alicyclic amines) is 1. The molecule has 3 atom stereocenters. The van der Waals surface area contributed by atoms with E-state index in [0.717, 1.165) is 18.9 Å². The molecule has 1 saturated heterocycles. The number of amides is 3. The van der Waals surface area contributed by atoms with E-state index in [1.54, 1.807) is 6.08 Å². The number of β-lactam (4-membered cyclic amide) rings is 1. The summed E-state index contributed by atoms with van der Waals surface area (Å²) in [6.45, 7) is 1.01. The second kappa shape index (κ2) is 9.11. The number of alkyl halides is 3. The quantitative estimate of drug-likeness (QED) is 0.424. The minimum atomic E-state index is -4.67. The summed E-state index contributed by atoms with van der Waals surface area (Å²) in [4.78, 5) is 26.0. The molecule has 3 aliphatic rings. The Morgan fingerprint density at radius 3 is 2.48 bits per heavy atom.